The summed E-state index contributed by atoms with van der Waals surface area (Å²) in [5.41, 5.74) is 1.98. The Bertz CT molecular complexity index is 374. The number of Topliss-reactive ketones (excluding diaryl/α,β-unsaturated/α-hetero) is 1. The van der Waals surface area contributed by atoms with Gasteiger partial charge in [0.1, 0.15) is 5.41 Å². The molecule has 2 rings (SSSR count). The van der Waals surface area contributed by atoms with E-state index in [0.29, 0.717) is 12.8 Å². The molecule has 80 valence electrons. The minimum atomic E-state index is -0.665. The van der Waals surface area contributed by atoms with Crippen molar-refractivity contribution in [2.75, 3.05) is 0 Å². The van der Waals surface area contributed by atoms with E-state index in [1.165, 1.54) is 11.1 Å². The van der Waals surface area contributed by atoms with Gasteiger partial charge in [0.25, 0.3) is 0 Å². The topological polar surface area (TPSA) is 40.9 Å². The Morgan fingerprint density at radius 1 is 1.40 bits per heavy atom. The van der Waals surface area contributed by atoms with Gasteiger partial charge in [0, 0.05) is 6.42 Å². The van der Waals surface area contributed by atoms with Crippen molar-refractivity contribution < 1.29 is 4.79 Å². The highest BCUT2D eigenvalue weighted by Crippen LogP contribution is 2.49. The standard InChI is InChI=1S/C13H17NO/c1-9-6-11-4-3-5-12(15)13(11,8-14)7-10(9)2/h11H,3-7H2,1-2H3/t11?,13-/m0/s1. The van der Waals surface area contributed by atoms with E-state index in [2.05, 4.69) is 19.9 Å². The van der Waals surface area contributed by atoms with Crippen LogP contribution in [0.25, 0.3) is 0 Å². The van der Waals surface area contributed by atoms with E-state index < -0.39 is 5.41 Å². The lowest BCUT2D eigenvalue weighted by molar-refractivity contribution is -0.131. The van der Waals surface area contributed by atoms with Crippen molar-refractivity contribution in [3.63, 3.8) is 0 Å². The summed E-state index contributed by atoms with van der Waals surface area (Å²) in [6.07, 6.45) is 4.25. The molecule has 2 nitrogen and oxygen atoms in total. The van der Waals surface area contributed by atoms with E-state index in [0.717, 1.165) is 19.3 Å². The summed E-state index contributed by atoms with van der Waals surface area (Å²) in [6, 6.07) is 2.34. The number of nitrogens with zero attached hydrogens (tertiary/aromatic N) is 1. The smallest absolute Gasteiger partial charge is 0.153 e. The fraction of sp³-hybridized carbons (Fsp3) is 0.692. The quantitative estimate of drug-likeness (QED) is 0.568. The molecule has 2 heteroatoms. The Hall–Kier alpha value is -1.10. The summed E-state index contributed by atoms with van der Waals surface area (Å²) in [7, 11) is 0. The molecule has 1 unspecified atom stereocenters. The molecule has 2 atom stereocenters. The lowest BCUT2D eigenvalue weighted by Gasteiger charge is -2.41. The number of allylic oxidation sites excluding steroid dienone is 2. The Balaban J connectivity index is 2.42. The second kappa shape index (κ2) is 3.48. The van der Waals surface area contributed by atoms with Gasteiger partial charge in [-0.3, -0.25) is 4.79 Å². The SMILES string of the molecule is CC1=C(C)C[C@@]2(C#N)C(=O)CCCC2C1. The first-order valence-electron chi connectivity index (χ1n) is 5.70. The van der Waals surface area contributed by atoms with Gasteiger partial charge in [-0.15, -0.1) is 0 Å². The lowest BCUT2D eigenvalue weighted by Crippen LogP contribution is -2.43. The van der Waals surface area contributed by atoms with Crippen LogP contribution >= 0.6 is 0 Å². The van der Waals surface area contributed by atoms with Crippen LogP contribution in [0.15, 0.2) is 11.1 Å². The summed E-state index contributed by atoms with van der Waals surface area (Å²) < 4.78 is 0. The van der Waals surface area contributed by atoms with Crippen molar-refractivity contribution in [2.45, 2.75) is 46.0 Å². The van der Waals surface area contributed by atoms with Crippen LogP contribution in [0.5, 0.6) is 0 Å². The fourth-order valence-corrected chi connectivity index (χ4v) is 3.03. The first-order valence-corrected chi connectivity index (χ1v) is 5.70. The number of hydrogen-bond donors (Lipinski definition) is 0. The van der Waals surface area contributed by atoms with Crippen LogP contribution in [-0.4, -0.2) is 5.78 Å². The van der Waals surface area contributed by atoms with Crippen molar-refractivity contribution in [1.29, 1.82) is 5.26 Å². The predicted octanol–water partition coefficient (Wildman–Crippen LogP) is 3.00. The zero-order valence-corrected chi connectivity index (χ0v) is 9.47. The first-order chi connectivity index (χ1) is 7.10. The molecule has 0 heterocycles. The van der Waals surface area contributed by atoms with E-state index in [1.807, 2.05) is 0 Å². The minimum absolute atomic E-state index is 0.188. The molecule has 0 aromatic rings. The van der Waals surface area contributed by atoms with Crippen molar-refractivity contribution >= 4 is 5.78 Å². The van der Waals surface area contributed by atoms with Gasteiger partial charge in [-0.2, -0.15) is 5.26 Å². The van der Waals surface area contributed by atoms with Crippen LogP contribution in [0.2, 0.25) is 0 Å². The fourth-order valence-electron chi connectivity index (χ4n) is 3.03. The van der Waals surface area contributed by atoms with Crippen LogP contribution in [0.3, 0.4) is 0 Å². The summed E-state index contributed by atoms with van der Waals surface area (Å²) in [4.78, 5) is 12.0. The lowest BCUT2D eigenvalue weighted by atomic mass is 9.58. The number of carbonyl (C=O) groups excluding carboxylic acids is 1. The molecule has 0 aromatic carbocycles. The average Bonchev–Trinajstić information content (AvgIpc) is 2.22. The Labute approximate surface area is 91.0 Å². The van der Waals surface area contributed by atoms with Crippen LogP contribution in [0, 0.1) is 22.7 Å². The number of nitriles is 1. The molecule has 0 saturated heterocycles. The maximum absolute atomic E-state index is 12.0. The van der Waals surface area contributed by atoms with Crippen LogP contribution < -0.4 is 0 Å². The highest BCUT2D eigenvalue weighted by molar-refractivity contribution is 5.89. The van der Waals surface area contributed by atoms with Crippen molar-refractivity contribution in [3.05, 3.63) is 11.1 Å². The maximum Gasteiger partial charge on any atom is 0.153 e. The van der Waals surface area contributed by atoms with Crippen LogP contribution in [0.4, 0.5) is 0 Å². The van der Waals surface area contributed by atoms with Gasteiger partial charge in [0.05, 0.1) is 6.07 Å². The molecule has 0 amide bonds. The van der Waals surface area contributed by atoms with E-state index in [9.17, 15) is 10.1 Å². The summed E-state index contributed by atoms with van der Waals surface area (Å²) in [5.74, 6) is 0.473. The average molecular weight is 203 g/mol. The molecule has 1 saturated carbocycles. The normalized spacial score (nSPS) is 36.1. The Kier molecular flexibility index (Phi) is 2.42. The number of carbonyl (C=O) groups is 1. The molecule has 2 aliphatic rings. The molecule has 0 aliphatic heterocycles. The highest BCUT2D eigenvalue weighted by Gasteiger charge is 2.49. The Morgan fingerprint density at radius 3 is 2.80 bits per heavy atom. The zero-order chi connectivity index (χ0) is 11.1. The molecule has 15 heavy (non-hydrogen) atoms. The number of hydrogen-bond acceptors (Lipinski definition) is 2. The molecule has 1 fully saturated rings. The number of fused-ring (bicyclic) bond motifs is 1. The first kappa shape index (κ1) is 10.4. The second-order valence-corrected chi connectivity index (χ2v) is 5.04. The molecule has 0 aromatic heterocycles. The molecule has 0 bridgehead atoms. The number of ketones is 1. The van der Waals surface area contributed by atoms with E-state index in [1.54, 1.807) is 0 Å². The van der Waals surface area contributed by atoms with Gasteiger partial charge in [-0.25, -0.2) is 0 Å². The number of rotatable bonds is 0. The molecular formula is C13H17NO. The van der Waals surface area contributed by atoms with E-state index in [-0.39, 0.29) is 11.7 Å². The van der Waals surface area contributed by atoms with Gasteiger partial charge in [0.15, 0.2) is 5.78 Å². The van der Waals surface area contributed by atoms with E-state index in [4.69, 9.17) is 0 Å². The van der Waals surface area contributed by atoms with Crippen molar-refractivity contribution in [1.82, 2.24) is 0 Å². The third-order valence-electron chi connectivity index (χ3n) is 4.18. The van der Waals surface area contributed by atoms with E-state index >= 15 is 0 Å². The molecule has 0 spiro atoms. The molecular weight excluding hydrogens is 186 g/mol. The van der Waals surface area contributed by atoms with Gasteiger partial charge >= 0.3 is 0 Å². The summed E-state index contributed by atoms with van der Waals surface area (Å²) in [5, 5.41) is 9.36. The largest absolute Gasteiger partial charge is 0.298 e. The van der Waals surface area contributed by atoms with Crippen LogP contribution in [0.1, 0.15) is 46.0 Å². The second-order valence-electron chi connectivity index (χ2n) is 5.04. The zero-order valence-electron chi connectivity index (χ0n) is 9.47. The maximum atomic E-state index is 12.0. The van der Waals surface area contributed by atoms with Gasteiger partial charge in [-0.1, -0.05) is 11.1 Å². The molecule has 2 aliphatic carbocycles. The summed E-state index contributed by atoms with van der Waals surface area (Å²) >= 11 is 0. The molecule has 0 radical (unpaired) electrons. The van der Waals surface area contributed by atoms with Gasteiger partial charge in [0.2, 0.25) is 0 Å². The monoisotopic (exact) mass is 203 g/mol. The van der Waals surface area contributed by atoms with Crippen LogP contribution in [-0.2, 0) is 4.79 Å². The third kappa shape index (κ3) is 1.42. The Morgan fingerprint density at radius 2 is 2.13 bits per heavy atom. The predicted molar refractivity (Wildman–Crippen MR) is 58.0 cm³/mol. The third-order valence-corrected chi connectivity index (χ3v) is 4.18. The summed E-state index contributed by atoms with van der Waals surface area (Å²) in [6.45, 7) is 4.20. The highest BCUT2D eigenvalue weighted by atomic mass is 16.1. The van der Waals surface area contributed by atoms with Crippen molar-refractivity contribution in [2.24, 2.45) is 11.3 Å². The van der Waals surface area contributed by atoms with Gasteiger partial charge < -0.3 is 0 Å². The van der Waals surface area contributed by atoms with Gasteiger partial charge in [-0.05, 0) is 45.4 Å². The minimum Gasteiger partial charge on any atom is -0.298 e. The molecule has 0 N–H and O–H groups in total. The van der Waals surface area contributed by atoms with Crippen molar-refractivity contribution in [3.8, 4) is 6.07 Å².